The van der Waals surface area contributed by atoms with E-state index in [9.17, 15) is 13.2 Å². The molecule has 1 aliphatic heterocycles. The van der Waals surface area contributed by atoms with Gasteiger partial charge >= 0.3 is 0 Å². The molecule has 1 amide bonds. The van der Waals surface area contributed by atoms with Crippen LogP contribution in [-0.2, 0) is 14.6 Å². The van der Waals surface area contributed by atoms with Gasteiger partial charge in [-0.2, -0.15) is 0 Å². The summed E-state index contributed by atoms with van der Waals surface area (Å²) in [6.07, 6.45) is 0.780. The average Bonchev–Trinajstić information content (AvgIpc) is 3.32. The first-order valence-electron chi connectivity index (χ1n) is 11.9. The van der Waals surface area contributed by atoms with Crippen LogP contribution in [0.2, 0.25) is 0 Å². The predicted octanol–water partition coefficient (Wildman–Crippen LogP) is 3.86. The predicted molar refractivity (Wildman–Crippen MR) is 139 cm³/mol. The fraction of sp³-hybridized carbons (Fsp3) is 0.440. The molecule has 10 heteroatoms. The van der Waals surface area contributed by atoms with Crippen LogP contribution in [0, 0.1) is 0 Å². The van der Waals surface area contributed by atoms with E-state index in [0.29, 0.717) is 29.6 Å². The normalized spacial score (nSPS) is 14.8. The van der Waals surface area contributed by atoms with Crippen LogP contribution in [0.25, 0.3) is 10.2 Å². The smallest absolute Gasteiger partial charge is 0.260 e. The van der Waals surface area contributed by atoms with E-state index in [1.54, 1.807) is 24.0 Å². The molecular formula is C25H31N3O5S2. The van der Waals surface area contributed by atoms with Gasteiger partial charge in [0.15, 0.2) is 15.0 Å². The van der Waals surface area contributed by atoms with Crippen molar-refractivity contribution < 1.29 is 22.7 Å². The van der Waals surface area contributed by atoms with Gasteiger partial charge < -0.3 is 9.47 Å². The maximum Gasteiger partial charge on any atom is 0.260 e. The fourth-order valence-electron chi connectivity index (χ4n) is 3.99. The molecule has 0 spiro atoms. The second-order valence-electron chi connectivity index (χ2n) is 8.22. The van der Waals surface area contributed by atoms with Crippen molar-refractivity contribution in [3.8, 4) is 5.75 Å². The lowest BCUT2D eigenvalue weighted by Crippen LogP contribution is -2.39. The van der Waals surface area contributed by atoms with Gasteiger partial charge in [-0.05, 0) is 49.7 Å². The zero-order valence-electron chi connectivity index (χ0n) is 20.1. The molecule has 0 radical (unpaired) electrons. The monoisotopic (exact) mass is 517 g/mol. The SMILES string of the molecule is CCOc1cccc2sc(N(CCCN3CCOCC3)C(=O)c3ccc(S(=O)(=O)CC)cc3)nc12. The molecule has 2 heterocycles. The number of carbonyl (C=O) groups is 1. The minimum Gasteiger partial charge on any atom is -0.492 e. The van der Waals surface area contributed by atoms with E-state index in [2.05, 4.69) is 4.90 Å². The summed E-state index contributed by atoms with van der Waals surface area (Å²) >= 11 is 1.45. The molecule has 0 atom stereocenters. The van der Waals surface area contributed by atoms with Crippen molar-refractivity contribution in [3.63, 3.8) is 0 Å². The largest absolute Gasteiger partial charge is 0.492 e. The van der Waals surface area contributed by atoms with Crippen LogP contribution >= 0.6 is 11.3 Å². The van der Waals surface area contributed by atoms with E-state index < -0.39 is 9.84 Å². The number of hydrogen-bond acceptors (Lipinski definition) is 8. The molecule has 1 fully saturated rings. The number of carbonyl (C=O) groups excluding carboxylic acids is 1. The highest BCUT2D eigenvalue weighted by Gasteiger charge is 2.23. The molecule has 0 aliphatic carbocycles. The van der Waals surface area contributed by atoms with Crippen LogP contribution in [0.5, 0.6) is 5.75 Å². The summed E-state index contributed by atoms with van der Waals surface area (Å²) in [6.45, 7) is 8.65. The van der Waals surface area contributed by atoms with Crippen molar-refractivity contribution in [3.05, 3.63) is 48.0 Å². The third kappa shape index (κ3) is 6.00. The summed E-state index contributed by atoms with van der Waals surface area (Å²) in [6, 6.07) is 11.9. The van der Waals surface area contributed by atoms with Gasteiger partial charge in [0.2, 0.25) is 0 Å². The molecule has 35 heavy (non-hydrogen) atoms. The molecule has 1 aromatic heterocycles. The summed E-state index contributed by atoms with van der Waals surface area (Å²) in [4.78, 5) is 22.7. The average molecular weight is 518 g/mol. The van der Waals surface area contributed by atoms with Crippen LogP contribution in [-0.4, -0.2) is 76.0 Å². The van der Waals surface area contributed by atoms with Gasteiger partial charge in [-0.3, -0.25) is 14.6 Å². The van der Waals surface area contributed by atoms with E-state index in [1.807, 2.05) is 25.1 Å². The van der Waals surface area contributed by atoms with Gasteiger partial charge in [0.1, 0.15) is 11.3 Å². The number of amides is 1. The highest BCUT2D eigenvalue weighted by Crippen LogP contribution is 2.35. The lowest BCUT2D eigenvalue weighted by atomic mass is 10.2. The molecule has 4 rings (SSSR count). The number of hydrogen-bond donors (Lipinski definition) is 0. The van der Waals surface area contributed by atoms with Crippen molar-refractivity contribution in [2.75, 3.05) is 56.7 Å². The number of morpholine rings is 1. The number of benzene rings is 2. The van der Waals surface area contributed by atoms with E-state index in [4.69, 9.17) is 14.5 Å². The Kier molecular flexibility index (Phi) is 8.38. The van der Waals surface area contributed by atoms with E-state index in [-0.39, 0.29) is 16.6 Å². The zero-order chi connectivity index (χ0) is 24.8. The lowest BCUT2D eigenvalue weighted by Gasteiger charge is -2.27. The molecule has 8 nitrogen and oxygen atoms in total. The molecule has 2 aromatic carbocycles. The Balaban J connectivity index is 1.61. The van der Waals surface area contributed by atoms with Crippen LogP contribution in [0.3, 0.4) is 0 Å². The quantitative estimate of drug-likeness (QED) is 0.403. The standard InChI is InChI=1S/C25H31N3O5S2/c1-3-33-21-7-5-8-22-23(21)26-25(34-22)28(14-6-13-27-15-17-32-18-16-27)24(29)19-9-11-20(12-10-19)35(30,31)4-2/h5,7-12H,3-4,6,13-18H2,1-2H3. The van der Waals surface area contributed by atoms with E-state index in [0.717, 1.165) is 49.5 Å². The minimum absolute atomic E-state index is 0.0157. The van der Waals surface area contributed by atoms with Crippen molar-refractivity contribution >= 4 is 42.4 Å². The molecular weight excluding hydrogens is 486 g/mol. The van der Waals surface area contributed by atoms with Gasteiger partial charge in [-0.15, -0.1) is 0 Å². The van der Waals surface area contributed by atoms with Gasteiger partial charge in [0.25, 0.3) is 5.91 Å². The fourth-order valence-corrected chi connectivity index (χ4v) is 5.88. The Morgan fingerprint density at radius 2 is 1.89 bits per heavy atom. The molecule has 0 bridgehead atoms. The number of ether oxygens (including phenoxy) is 2. The number of nitrogens with zero attached hydrogens (tertiary/aromatic N) is 3. The van der Waals surface area contributed by atoms with Crippen molar-refractivity contribution in [1.82, 2.24) is 9.88 Å². The number of sulfone groups is 1. The Labute approximate surface area is 210 Å². The van der Waals surface area contributed by atoms with Crippen LogP contribution in [0.4, 0.5) is 5.13 Å². The Morgan fingerprint density at radius 1 is 1.14 bits per heavy atom. The summed E-state index contributed by atoms with van der Waals surface area (Å²) in [5.41, 5.74) is 1.17. The maximum absolute atomic E-state index is 13.6. The summed E-state index contributed by atoms with van der Waals surface area (Å²) < 4.78 is 36.5. The maximum atomic E-state index is 13.6. The van der Waals surface area contributed by atoms with E-state index in [1.165, 1.54) is 23.5 Å². The first kappa shape index (κ1) is 25.6. The van der Waals surface area contributed by atoms with Gasteiger partial charge in [-0.25, -0.2) is 13.4 Å². The van der Waals surface area contributed by atoms with Crippen LogP contribution in [0.15, 0.2) is 47.4 Å². The number of para-hydroxylation sites is 1. The minimum atomic E-state index is -3.33. The van der Waals surface area contributed by atoms with Gasteiger partial charge in [0, 0.05) is 31.7 Å². The molecule has 188 valence electrons. The number of aromatic nitrogens is 1. The zero-order valence-corrected chi connectivity index (χ0v) is 21.7. The second-order valence-corrected chi connectivity index (χ2v) is 11.5. The first-order valence-corrected chi connectivity index (χ1v) is 14.4. The topological polar surface area (TPSA) is 89.0 Å². The Bertz CT molecular complexity index is 1250. The second kappa shape index (κ2) is 11.5. The molecule has 0 saturated carbocycles. The van der Waals surface area contributed by atoms with Crippen molar-refractivity contribution in [2.24, 2.45) is 0 Å². The van der Waals surface area contributed by atoms with Gasteiger partial charge in [-0.1, -0.05) is 24.3 Å². The van der Waals surface area contributed by atoms with Crippen LogP contribution in [0.1, 0.15) is 30.6 Å². The number of rotatable bonds is 10. The van der Waals surface area contributed by atoms with Crippen LogP contribution < -0.4 is 9.64 Å². The summed E-state index contributed by atoms with van der Waals surface area (Å²) in [5, 5.41) is 0.601. The molecule has 1 aliphatic rings. The number of thiazole rings is 1. The molecule has 1 saturated heterocycles. The summed E-state index contributed by atoms with van der Waals surface area (Å²) in [7, 11) is -3.33. The van der Waals surface area contributed by atoms with Crippen molar-refractivity contribution in [2.45, 2.75) is 25.2 Å². The van der Waals surface area contributed by atoms with E-state index >= 15 is 0 Å². The molecule has 0 N–H and O–H groups in total. The first-order chi connectivity index (χ1) is 16.9. The summed E-state index contributed by atoms with van der Waals surface area (Å²) in [5.74, 6) is 0.508. The molecule has 3 aromatic rings. The number of fused-ring (bicyclic) bond motifs is 1. The Hall–Kier alpha value is -2.53. The Morgan fingerprint density at radius 3 is 2.57 bits per heavy atom. The molecule has 0 unspecified atom stereocenters. The lowest BCUT2D eigenvalue weighted by molar-refractivity contribution is 0.0376. The highest BCUT2D eigenvalue weighted by atomic mass is 32.2. The van der Waals surface area contributed by atoms with Gasteiger partial charge in [0.05, 0.1) is 35.2 Å². The van der Waals surface area contributed by atoms with Crippen molar-refractivity contribution in [1.29, 1.82) is 0 Å². The number of anilines is 1. The third-order valence-electron chi connectivity index (χ3n) is 5.95. The highest BCUT2D eigenvalue weighted by molar-refractivity contribution is 7.91. The third-order valence-corrected chi connectivity index (χ3v) is 8.74.